The van der Waals surface area contributed by atoms with Crippen molar-refractivity contribution in [3.05, 3.63) is 70.3 Å². The third-order valence-electron chi connectivity index (χ3n) is 3.80. The standard InChI is InChI=1S/C18H21F2N/c1-4-21-18(16-8-7-15(19)11-17(16)20)10-14-6-5-12(2)13(3)9-14/h5-9,11,18,21H,4,10H2,1-3H3. The molecule has 0 aliphatic carbocycles. The van der Waals surface area contributed by atoms with E-state index in [9.17, 15) is 8.78 Å². The van der Waals surface area contributed by atoms with Gasteiger partial charge in [0.25, 0.3) is 0 Å². The lowest BCUT2D eigenvalue weighted by molar-refractivity contribution is 0.502. The Hall–Kier alpha value is -1.74. The molecule has 0 bridgehead atoms. The lowest BCUT2D eigenvalue weighted by atomic mass is 9.96. The predicted octanol–water partition coefficient (Wildman–Crippen LogP) is 4.47. The maximum absolute atomic E-state index is 14.0. The van der Waals surface area contributed by atoms with Gasteiger partial charge in [-0.15, -0.1) is 0 Å². The number of benzene rings is 2. The molecule has 0 aliphatic rings. The minimum Gasteiger partial charge on any atom is -0.310 e. The van der Waals surface area contributed by atoms with E-state index in [2.05, 4.69) is 37.4 Å². The minimum atomic E-state index is -0.544. The highest BCUT2D eigenvalue weighted by Gasteiger charge is 2.16. The number of hydrogen-bond acceptors (Lipinski definition) is 1. The number of hydrogen-bond donors (Lipinski definition) is 1. The van der Waals surface area contributed by atoms with Crippen molar-refractivity contribution in [2.75, 3.05) is 6.54 Å². The maximum Gasteiger partial charge on any atom is 0.130 e. The molecule has 0 spiro atoms. The lowest BCUT2D eigenvalue weighted by Gasteiger charge is -2.19. The molecule has 2 rings (SSSR count). The van der Waals surface area contributed by atoms with E-state index < -0.39 is 11.6 Å². The maximum atomic E-state index is 14.0. The van der Waals surface area contributed by atoms with Crippen LogP contribution < -0.4 is 5.32 Å². The van der Waals surface area contributed by atoms with Gasteiger partial charge in [0.05, 0.1) is 0 Å². The van der Waals surface area contributed by atoms with Crippen molar-refractivity contribution >= 4 is 0 Å². The molecule has 0 saturated carbocycles. The SMILES string of the molecule is CCNC(Cc1ccc(C)c(C)c1)c1ccc(F)cc1F. The van der Waals surface area contributed by atoms with Crippen molar-refractivity contribution in [3.63, 3.8) is 0 Å². The molecule has 0 heterocycles. The summed E-state index contributed by atoms with van der Waals surface area (Å²) in [5.74, 6) is -1.04. The summed E-state index contributed by atoms with van der Waals surface area (Å²) in [6.45, 7) is 6.85. The highest BCUT2D eigenvalue weighted by Crippen LogP contribution is 2.23. The monoisotopic (exact) mass is 289 g/mol. The van der Waals surface area contributed by atoms with Crippen LogP contribution in [0.4, 0.5) is 8.78 Å². The van der Waals surface area contributed by atoms with Crippen LogP contribution in [-0.2, 0) is 6.42 Å². The third-order valence-corrected chi connectivity index (χ3v) is 3.80. The fraction of sp³-hybridized carbons (Fsp3) is 0.333. The molecule has 0 amide bonds. The number of halogens is 2. The molecular weight excluding hydrogens is 268 g/mol. The second-order valence-electron chi connectivity index (χ2n) is 5.40. The third kappa shape index (κ3) is 3.88. The molecular formula is C18H21F2N. The zero-order valence-electron chi connectivity index (χ0n) is 12.7. The largest absolute Gasteiger partial charge is 0.310 e. The van der Waals surface area contributed by atoms with Gasteiger partial charge in [-0.05, 0) is 49.6 Å². The molecule has 0 aliphatic heterocycles. The first-order valence-electron chi connectivity index (χ1n) is 7.25. The van der Waals surface area contributed by atoms with Gasteiger partial charge < -0.3 is 5.32 Å². The van der Waals surface area contributed by atoms with Gasteiger partial charge in [0.2, 0.25) is 0 Å². The number of aryl methyl sites for hydroxylation is 2. The number of nitrogens with one attached hydrogen (secondary N) is 1. The normalized spacial score (nSPS) is 12.4. The summed E-state index contributed by atoms with van der Waals surface area (Å²) in [7, 11) is 0. The summed E-state index contributed by atoms with van der Waals surface area (Å²) in [4.78, 5) is 0. The number of rotatable bonds is 5. The van der Waals surface area contributed by atoms with E-state index in [4.69, 9.17) is 0 Å². The molecule has 1 unspecified atom stereocenters. The molecule has 2 aromatic rings. The Labute approximate surface area is 125 Å². The second kappa shape index (κ2) is 6.81. The fourth-order valence-corrected chi connectivity index (χ4v) is 2.49. The first kappa shape index (κ1) is 15.6. The molecule has 2 aromatic carbocycles. The van der Waals surface area contributed by atoms with E-state index in [0.29, 0.717) is 12.0 Å². The topological polar surface area (TPSA) is 12.0 Å². The molecule has 0 saturated heterocycles. The predicted molar refractivity (Wildman–Crippen MR) is 82.4 cm³/mol. The van der Waals surface area contributed by atoms with Crippen molar-refractivity contribution in [3.8, 4) is 0 Å². The van der Waals surface area contributed by atoms with Crippen LogP contribution in [0.25, 0.3) is 0 Å². The van der Waals surface area contributed by atoms with Gasteiger partial charge in [0.15, 0.2) is 0 Å². The Bertz CT molecular complexity index is 623. The van der Waals surface area contributed by atoms with Crippen LogP contribution in [0, 0.1) is 25.5 Å². The quantitative estimate of drug-likeness (QED) is 0.856. The molecule has 1 atom stereocenters. The molecule has 21 heavy (non-hydrogen) atoms. The highest BCUT2D eigenvalue weighted by atomic mass is 19.1. The molecule has 0 radical (unpaired) electrons. The van der Waals surface area contributed by atoms with Crippen molar-refractivity contribution in [1.82, 2.24) is 5.32 Å². The van der Waals surface area contributed by atoms with E-state index in [1.54, 1.807) is 0 Å². The Kier molecular flexibility index (Phi) is 5.07. The first-order valence-corrected chi connectivity index (χ1v) is 7.25. The van der Waals surface area contributed by atoms with E-state index in [1.165, 1.54) is 23.3 Å². The smallest absolute Gasteiger partial charge is 0.130 e. The van der Waals surface area contributed by atoms with Gasteiger partial charge in [-0.3, -0.25) is 0 Å². The lowest BCUT2D eigenvalue weighted by Crippen LogP contribution is -2.24. The van der Waals surface area contributed by atoms with Crippen molar-refractivity contribution in [2.24, 2.45) is 0 Å². The highest BCUT2D eigenvalue weighted by molar-refractivity contribution is 5.32. The van der Waals surface area contributed by atoms with Gasteiger partial charge in [0, 0.05) is 17.7 Å². The Morgan fingerprint density at radius 3 is 2.38 bits per heavy atom. The summed E-state index contributed by atoms with van der Waals surface area (Å²) >= 11 is 0. The van der Waals surface area contributed by atoms with Crippen molar-refractivity contribution in [2.45, 2.75) is 33.2 Å². The summed E-state index contributed by atoms with van der Waals surface area (Å²) in [5.41, 5.74) is 4.12. The van der Waals surface area contributed by atoms with Gasteiger partial charge in [-0.1, -0.05) is 31.2 Å². The average Bonchev–Trinajstić information content (AvgIpc) is 2.42. The summed E-state index contributed by atoms with van der Waals surface area (Å²) in [6, 6.07) is 9.89. The Morgan fingerprint density at radius 2 is 1.76 bits per heavy atom. The first-order chi connectivity index (χ1) is 10.0. The molecule has 1 nitrogen and oxygen atoms in total. The van der Waals surface area contributed by atoms with Gasteiger partial charge in [-0.2, -0.15) is 0 Å². The van der Waals surface area contributed by atoms with Crippen molar-refractivity contribution < 1.29 is 8.78 Å². The summed E-state index contributed by atoms with van der Waals surface area (Å²) in [6.07, 6.45) is 0.678. The summed E-state index contributed by atoms with van der Waals surface area (Å²) < 4.78 is 27.1. The van der Waals surface area contributed by atoms with Crippen LogP contribution in [0.15, 0.2) is 36.4 Å². The Balaban J connectivity index is 2.28. The van der Waals surface area contributed by atoms with Crippen molar-refractivity contribution in [1.29, 1.82) is 0 Å². The Morgan fingerprint density at radius 1 is 1.00 bits per heavy atom. The van der Waals surface area contributed by atoms with E-state index >= 15 is 0 Å². The zero-order chi connectivity index (χ0) is 15.4. The summed E-state index contributed by atoms with van der Waals surface area (Å²) in [5, 5.41) is 3.28. The second-order valence-corrected chi connectivity index (χ2v) is 5.40. The average molecular weight is 289 g/mol. The van der Waals surface area contributed by atoms with Crippen LogP contribution in [0.5, 0.6) is 0 Å². The van der Waals surface area contributed by atoms with Crippen LogP contribution >= 0.6 is 0 Å². The van der Waals surface area contributed by atoms with Crippen LogP contribution in [-0.4, -0.2) is 6.54 Å². The molecule has 3 heteroatoms. The van der Waals surface area contributed by atoms with Crippen LogP contribution in [0.2, 0.25) is 0 Å². The van der Waals surface area contributed by atoms with Gasteiger partial charge >= 0.3 is 0 Å². The van der Waals surface area contributed by atoms with E-state index in [-0.39, 0.29) is 6.04 Å². The van der Waals surface area contributed by atoms with E-state index in [1.807, 2.05) is 6.92 Å². The number of likely N-dealkylation sites (N-methyl/N-ethyl adjacent to an activating group) is 1. The van der Waals surface area contributed by atoms with Crippen LogP contribution in [0.1, 0.15) is 35.2 Å². The van der Waals surface area contributed by atoms with Gasteiger partial charge in [0.1, 0.15) is 11.6 Å². The minimum absolute atomic E-state index is 0.155. The fourth-order valence-electron chi connectivity index (χ4n) is 2.49. The molecule has 0 aromatic heterocycles. The molecule has 1 N–H and O–H groups in total. The van der Waals surface area contributed by atoms with Crippen LogP contribution in [0.3, 0.4) is 0 Å². The zero-order valence-corrected chi connectivity index (χ0v) is 12.7. The molecule has 0 fully saturated rings. The van der Waals surface area contributed by atoms with Gasteiger partial charge in [-0.25, -0.2) is 8.78 Å². The molecule has 112 valence electrons. The van der Waals surface area contributed by atoms with E-state index in [0.717, 1.165) is 18.2 Å².